The Bertz CT molecular complexity index is 926. The summed E-state index contributed by atoms with van der Waals surface area (Å²) < 4.78 is 11.2. The van der Waals surface area contributed by atoms with Gasteiger partial charge in [0.2, 0.25) is 5.58 Å². The standard InChI is InChI=1S/C19H21N3O3/c1-3-24-19(23)13-8-10-22(11-9-13)18-17-16(20-12(2)21-18)14-6-4-5-7-15(14)25-17/h4-7,13H,3,8-11H2,1-2H3/p+1. The minimum atomic E-state index is -0.0747. The number of aromatic nitrogens is 2. The number of piperidine rings is 1. The lowest BCUT2D eigenvalue weighted by molar-refractivity contribution is -0.841. The summed E-state index contributed by atoms with van der Waals surface area (Å²) in [6.45, 7) is 5.88. The van der Waals surface area contributed by atoms with Crippen LogP contribution in [-0.4, -0.2) is 35.6 Å². The van der Waals surface area contributed by atoms with Crippen molar-refractivity contribution >= 4 is 33.9 Å². The highest BCUT2D eigenvalue weighted by molar-refractivity contribution is 6.04. The predicted molar refractivity (Wildman–Crippen MR) is 93.8 cm³/mol. The Kier molecular flexibility index (Phi) is 4.13. The van der Waals surface area contributed by atoms with E-state index in [1.165, 1.54) is 4.90 Å². The molecule has 3 aromatic rings. The van der Waals surface area contributed by atoms with Crippen LogP contribution in [0, 0.1) is 12.8 Å². The molecule has 0 atom stereocenters. The maximum absolute atomic E-state index is 11.9. The van der Waals surface area contributed by atoms with Crippen molar-refractivity contribution in [3.05, 3.63) is 30.1 Å². The number of benzene rings is 1. The fraction of sp³-hybridized carbons (Fsp3) is 0.421. The fourth-order valence-corrected chi connectivity index (χ4v) is 3.64. The molecular formula is C19H22N3O3+. The van der Waals surface area contributed by atoms with Gasteiger partial charge in [-0.3, -0.25) is 9.69 Å². The number of nitrogens with one attached hydrogen (secondary N) is 1. The summed E-state index contributed by atoms with van der Waals surface area (Å²) in [5.74, 6) is 1.57. The Morgan fingerprint density at radius 2 is 2.04 bits per heavy atom. The summed E-state index contributed by atoms with van der Waals surface area (Å²) in [4.78, 5) is 22.5. The summed E-state index contributed by atoms with van der Waals surface area (Å²) in [5.41, 5.74) is 2.47. The molecule has 3 heterocycles. The third-order valence-corrected chi connectivity index (χ3v) is 4.88. The molecule has 1 aliphatic rings. The van der Waals surface area contributed by atoms with Gasteiger partial charge in [-0.25, -0.2) is 4.98 Å². The van der Waals surface area contributed by atoms with Gasteiger partial charge in [0.15, 0.2) is 0 Å². The number of ether oxygens (including phenoxy) is 1. The van der Waals surface area contributed by atoms with Gasteiger partial charge in [-0.1, -0.05) is 12.1 Å². The number of nitrogens with zero attached hydrogens (tertiary/aromatic N) is 2. The lowest BCUT2D eigenvalue weighted by atomic mass is 9.97. The first-order valence-corrected chi connectivity index (χ1v) is 8.85. The zero-order chi connectivity index (χ0) is 17.4. The Labute approximate surface area is 145 Å². The zero-order valence-electron chi connectivity index (χ0n) is 14.5. The van der Waals surface area contributed by atoms with Gasteiger partial charge in [-0.05, 0) is 26.0 Å². The van der Waals surface area contributed by atoms with Crippen molar-refractivity contribution in [3.63, 3.8) is 0 Å². The number of furan rings is 1. The zero-order valence-corrected chi connectivity index (χ0v) is 14.5. The van der Waals surface area contributed by atoms with Crippen LogP contribution in [0.2, 0.25) is 0 Å². The van der Waals surface area contributed by atoms with Crippen molar-refractivity contribution in [2.45, 2.75) is 26.7 Å². The van der Waals surface area contributed by atoms with Crippen molar-refractivity contribution in [2.24, 2.45) is 5.92 Å². The number of quaternary nitrogens is 1. The topological polar surface area (TPSA) is 69.7 Å². The molecule has 1 aliphatic heterocycles. The number of rotatable bonds is 3. The lowest BCUT2D eigenvalue weighted by Gasteiger charge is -2.26. The second kappa shape index (κ2) is 6.44. The van der Waals surface area contributed by atoms with Crippen LogP contribution in [0.4, 0.5) is 5.82 Å². The van der Waals surface area contributed by atoms with Crippen LogP contribution in [0.5, 0.6) is 0 Å². The molecule has 1 aromatic carbocycles. The molecule has 6 nitrogen and oxygen atoms in total. The number of carbonyl (C=O) groups is 1. The largest absolute Gasteiger partial charge is 0.466 e. The Morgan fingerprint density at radius 1 is 1.28 bits per heavy atom. The number of hydrogen-bond acceptors (Lipinski definition) is 5. The molecule has 0 radical (unpaired) electrons. The van der Waals surface area contributed by atoms with Crippen LogP contribution < -0.4 is 4.90 Å². The second-order valence-electron chi connectivity index (χ2n) is 6.53. The number of fused-ring (bicyclic) bond motifs is 3. The van der Waals surface area contributed by atoms with E-state index < -0.39 is 0 Å². The van der Waals surface area contributed by atoms with Gasteiger partial charge in [-0.2, -0.15) is 4.98 Å². The molecule has 1 saturated heterocycles. The first kappa shape index (κ1) is 16.0. The average molecular weight is 340 g/mol. The van der Waals surface area contributed by atoms with Crippen LogP contribution in [-0.2, 0) is 9.53 Å². The molecular weight excluding hydrogens is 318 g/mol. The number of para-hydroxylation sites is 1. The molecule has 0 aliphatic carbocycles. The number of esters is 1. The van der Waals surface area contributed by atoms with Gasteiger partial charge in [0.1, 0.15) is 16.9 Å². The van der Waals surface area contributed by atoms with Crippen molar-refractivity contribution in [1.82, 2.24) is 9.97 Å². The number of carbonyl (C=O) groups excluding carboxylic acids is 1. The summed E-state index contributed by atoms with van der Waals surface area (Å²) in [6.07, 6.45) is 1.61. The van der Waals surface area contributed by atoms with Crippen molar-refractivity contribution < 1.29 is 18.8 Å². The van der Waals surface area contributed by atoms with Crippen LogP contribution in [0.3, 0.4) is 0 Å². The smallest absolute Gasteiger partial charge is 0.309 e. The van der Waals surface area contributed by atoms with Gasteiger partial charge < -0.3 is 9.15 Å². The summed E-state index contributed by atoms with van der Waals surface area (Å²) in [7, 11) is 0. The van der Waals surface area contributed by atoms with E-state index in [-0.39, 0.29) is 11.9 Å². The van der Waals surface area contributed by atoms with Crippen molar-refractivity contribution in [3.8, 4) is 0 Å². The molecule has 0 spiro atoms. The Hall–Kier alpha value is -2.47. The molecule has 1 fully saturated rings. The summed E-state index contributed by atoms with van der Waals surface area (Å²) in [5, 5.41) is 1.02. The van der Waals surface area contributed by atoms with Gasteiger partial charge >= 0.3 is 5.97 Å². The van der Waals surface area contributed by atoms with Gasteiger partial charge in [0.05, 0.1) is 25.6 Å². The first-order chi connectivity index (χ1) is 12.2. The molecule has 0 bridgehead atoms. The van der Waals surface area contributed by atoms with Crippen LogP contribution in [0.25, 0.3) is 22.1 Å². The van der Waals surface area contributed by atoms with E-state index in [1.54, 1.807) is 0 Å². The van der Waals surface area contributed by atoms with E-state index in [4.69, 9.17) is 9.15 Å². The van der Waals surface area contributed by atoms with Crippen molar-refractivity contribution in [2.75, 3.05) is 19.7 Å². The van der Waals surface area contributed by atoms with Gasteiger partial charge in [0, 0.05) is 18.2 Å². The highest BCUT2D eigenvalue weighted by Crippen LogP contribution is 2.30. The molecule has 130 valence electrons. The van der Waals surface area contributed by atoms with E-state index >= 15 is 0 Å². The molecule has 6 heteroatoms. The van der Waals surface area contributed by atoms with Crippen LogP contribution >= 0.6 is 0 Å². The second-order valence-corrected chi connectivity index (χ2v) is 6.53. The molecule has 0 saturated carbocycles. The molecule has 0 amide bonds. The van der Waals surface area contributed by atoms with E-state index in [0.29, 0.717) is 6.61 Å². The highest BCUT2D eigenvalue weighted by Gasteiger charge is 2.32. The van der Waals surface area contributed by atoms with E-state index in [0.717, 1.165) is 59.6 Å². The summed E-state index contributed by atoms with van der Waals surface area (Å²) in [6, 6.07) is 7.94. The van der Waals surface area contributed by atoms with Crippen molar-refractivity contribution in [1.29, 1.82) is 0 Å². The van der Waals surface area contributed by atoms with E-state index in [1.807, 2.05) is 38.1 Å². The predicted octanol–water partition coefficient (Wildman–Crippen LogP) is 2.17. The average Bonchev–Trinajstić information content (AvgIpc) is 3.00. The SMILES string of the molecule is CCOC(=O)C1CC[NH+](c2nc(C)nc3c2oc2ccccc23)CC1. The molecule has 1 N–H and O–H groups in total. The fourth-order valence-electron chi connectivity index (χ4n) is 3.64. The Balaban J connectivity index is 1.67. The molecule has 0 unspecified atom stereocenters. The molecule has 4 rings (SSSR count). The highest BCUT2D eigenvalue weighted by atomic mass is 16.5. The van der Waals surface area contributed by atoms with Gasteiger partial charge in [-0.15, -0.1) is 0 Å². The Morgan fingerprint density at radius 3 is 2.80 bits per heavy atom. The molecule has 2 aromatic heterocycles. The maximum atomic E-state index is 11.9. The minimum Gasteiger partial charge on any atom is -0.466 e. The lowest BCUT2D eigenvalue weighted by Crippen LogP contribution is -3.08. The van der Waals surface area contributed by atoms with E-state index in [9.17, 15) is 4.79 Å². The monoisotopic (exact) mass is 340 g/mol. The third-order valence-electron chi connectivity index (χ3n) is 4.88. The quantitative estimate of drug-likeness (QED) is 0.740. The first-order valence-electron chi connectivity index (χ1n) is 8.85. The molecule has 25 heavy (non-hydrogen) atoms. The number of hydrogen-bond donors (Lipinski definition) is 1. The van der Waals surface area contributed by atoms with Crippen LogP contribution in [0.15, 0.2) is 28.7 Å². The van der Waals surface area contributed by atoms with Gasteiger partial charge in [0.25, 0.3) is 5.82 Å². The normalized spacial score (nSPS) is 20.9. The van der Waals surface area contributed by atoms with E-state index in [2.05, 4.69) is 9.97 Å². The summed E-state index contributed by atoms with van der Waals surface area (Å²) >= 11 is 0. The number of aryl methyl sites for hydroxylation is 1. The maximum Gasteiger partial charge on any atom is 0.309 e. The minimum absolute atomic E-state index is 0.00204. The third kappa shape index (κ3) is 2.87. The van der Waals surface area contributed by atoms with Crippen LogP contribution in [0.1, 0.15) is 25.6 Å².